The highest BCUT2D eigenvalue weighted by Gasteiger charge is 2.24. The molecular formula is C26H31N5O4. The van der Waals surface area contributed by atoms with Crippen molar-refractivity contribution < 1.29 is 19.4 Å². The van der Waals surface area contributed by atoms with Crippen LogP contribution in [0.4, 0.5) is 5.82 Å². The van der Waals surface area contributed by atoms with Gasteiger partial charge in [-0.1, -0.05) is 12.1 Å². The summed E-state index contributed by atoms with van der Waals surface area (Å²) in [6.07, 6.45) is 4.61. The Morgan fingerprint density at radius 1 is 1.17 bits per heavy atom. The van der Waals surface area contributed by atoms with Gasteiger partial charge in [0.15, 0.2) is 0 Å². The van der Waals surface area contributed by atoms with E-state index in [0.29, 0.717) is 25.0 Å². The summed E-state index contributed by atoms with van der Waals surface area (Å²) in [6, 6.07) is 12.6. The second-order valence-electron chi connectivity index (χ2n) is 8.54. The highest BCUT2D eigenvalue weighted by Crippen LogP contribution is 2.40. The molecule has 3 N–H and O–H groups in total. The molecule has 1 amide bonds. The molecular weight excluding hydrogens is 446 g/mol. The van der Waals surface area contributed by atoms with Crippen LogP contribution < -0.4 is 15.4 Å². The van der Waals surface area contributed by atoms with Gasteiger partial charge < -0.3 is 25.2 Å². The molecule has 0 unspecified atom stereocenters. The van der Waals surface area contributed by atoms with Crippen LogP contribution in [0.25, 0.3) is 22.4 Å². The lowest BCUT2D eigenvalue weighted by Crippen LogP contribution is -2.36. The van der Waals surface area contributed by atoms with E-state index in [2.05, 4.69) is 63.1 Å². The first-order valence-electron chi connectivity index (χ1n) is 11.8. The molecule has 0 spiro atoms. The van der Waals surface area contributed by atoms with Crippen LogP contribution >= 0.6 is 0 Å². The zero-order valence-electron chi connectivity index (χ0n) is 19.9. The number of primary amides is 1. The average molecular weight is 478 g/mol. The summed E-state index contributed by atoms with van der Waals surface area (Å²) in [5.74, 6) is 2.01. The molecule has 9 nitrogen and oxygen atoms in total. The fraction of sp³-hybridized carbons (Fsp3) is 0.385. The van der Waals surface area contributed by atoms with Crippen molar-refractivity contribution in [1.29, 1.82) is 0 Å². The Labute approximate surface area is 204 Å². The van der Waals surface area contributed by atoms with Gasteiger partial charge in [-0.3, -0.25) is 4.79 Å². The quantitative estimate of drug-likeness (QED) is 0.498. The summed E-state index contributed by atoms with van der Waals surface area (Å²) in [5, 5.41) is 17.9. The molecule has 1 saturated heterocycles. The van der Waals surface area contributed by atoms with Crippen LogP contribution in [-0.2, 0) is 9.53 Å². The third kappa shape index (κ3) is 6.32. The third-order valence-electron chi connectivity index (χ3n) is 6.03. The number of aliphatic hydroxyl groups excluding tert-OH is 1. The normalized spacial score (nSPS) is 15.2. The molecule has 0 bridgehead atoms. The summed E-state index contributed by atoms with van der Waals surface area (Å²) in [4.78, 5) is 15.5. The number of carbonyl (C=O) groups excluding carboxylic acids is 1. The van der Waals surface area contributed by atoms with Gasteiger partial charge in [0, 0.05) is 24.7 Å². The number of pyridine rings is 1. The van der Waals surface area contributed by atoms with Crippen LogP contribution in [-0.4, -0.2) is 66.2 Å². The maximum atomic E-state index is 9.21. The number of amides is 1. The minimum Gasteiger partial charge on any atom is -0.475 e. The van der Waals surface area contributed by atoms with E-state index < -0.39 is 0 Å². The third-order valence-corrected chi connectivity index (χ3v) is 6.03. The van der Waals surface area contributed by atoms with E-state index in [1.54, 1.807) is 0 Å². The van der Waals surface area contributed by atoms with Crippen molar-refractivity contribution in [3.8, 4) is 28.3 Å². The van der Waals surface area contributed by atoms with Crippen LogP contribution in [0.2, 0.25) is 0 Å². The summed E-state index contributed by atoms with van der Waals surface area (Å²) < 4.78 is 11.2. The highest BCUT2D eigenvalue weighted by molar-refractivity contribution is 5.76. The summed E-state index contributed by atoms with van der Waals surface area (Å²) >= 11 is 0. The zero-order valence-corrected chi connectivity index (χ0v) is 19.9. The molecule has 184 valence electrons. The van der Waals surface area contributed by atoms with Gasteiger partial charge >= 0.3 is 0 Å². The van der Waals surface area contributed by atoms with E-state index in [4.69, 9.17) is 14.3 Å². The van der Waals surface area contributed by atoms with Crippen LogP contribution in [0.3, 0.4) is 0 Å². The molecule has 2 fully saturated rings. The fourth-order valence-corrected chi connectivity index (χ4v) is 4.08. The van der Waals surface area contributed by atoms with E-state index in [1.807, 2.05) is 12.3 Å². The fourth-order valence-electron chi connectivity index (χ4n) is 4.08. The number of anilines is 1. The van der Waals surface area contributed by atoms with Crippen LogP contribution in [0.5, 0.6) is 5.88 Å². The number of aryl methyl sites for hydroxylation is 1. The predicted molar refractivity (Wildman–Crippen MR) is 133 cm³/mol. The summed E-state index contributed by atoms with van der Waals surface area (Å²) in [7, 11) is 0. The van der Waals surface area contributed by atoms with Gasteiger partial charge in [-0.15, -0.1) is 0 Å². The SMILES string of the molecule is Cc1ccc(-c2cc(C3CC3)cnn2)cc1-c1cc(OCCO)nc(N2CCOCC2)c1.NC=O. The predicted octanol–water partition coefficient (Wildman–Crippen LogP) is 2.70. The number of aliphatic hydroxyl groups is 1. The van der Waals surface area contributed by atoms with Gasteiger partial charge in [-0.05, 0) is 66.1 Å². The Morgan fingerprint density at radius 2 is 1.94 bits per heavy atom. The number of rotatable bonds is 7. The summed E-state index contributed by atoms with van der Waals surface area (Å²) in [5.41, 5.74) is 10.7. The number of morpholine rings is 1. The van der Waals surface area contributed by atoms with E-state index in [-0.39, 0.29) is 19.6 Å². The molecule has 35 heavy (non-hydrogen) atoms. The monoisotopic (exact) mass is 477 g/mol. The number of hydrogen-bond acceptors (Lipinski definition) is 8. The number of carbonyl (C=O) groups is 1. The topological polar surface area (TPSA) is 124 Å². The van der Waals surface area contributed by atoms with Crippen molar-refractivity contribution in [2.45, 2.75) is 25.7 Å². The average Bonchev–Trinajstić information content (AvgIpc) is 3.74. The molecule has 0 atom stereocenters. The van der Waals surface area contributed by atoms with Crippen molar-refractivity contribution in [3.63, 3.8) is 0 Å². The zero-order chi connectivity index (χ0) is 24.6. The molecule has 9 heteroatoms. The Kier molecular flexibility index (Phi) is 8.23. The van der Waals surface area contributed by atoms with E-state index in [0.717, 1.165) is 46.9 Å². The van der Waals surface area contributed by atoms with Crippen molar-refractivity contribution in [3.05, 3.63) is 53.7 Å². The minimum absolute atomic E-state index is 0.0523. The lowest BCUT2D eigenvalue weighted by molar-refractivity contribution is -0.106. The lowest BCUT2D eigenvalue weighted by atomic mass is 9.97. The van der Waals surface area contributed by atoms with Crippen molar-refractivity contribution >= 4 is 12.2 Å². The van der Waals surface area contributed by atoms with Gasteiger partial charge in [-0.2, -0.15) is 15.2 Å². The second kappa shape index (κ2) is 11.7. The molecule has 1 saturated carbocycles. The first-order valence-corrected chi connectivity index (χ1v) is 11.8. The van der Waals surface area contributed by atoms with Crippen LogP contribution in [0, 0.1) is 6.92 Å². The molecule has 1 aliphatic heterocycles. The number of benzene rings is 1. The molecule has 2 aromatic heterocycles. The second-order valence-corrected chi connectivity index (χ2v) is 8.54. The van der Waals surface area contributed by atoms with E-state index in [1.165, 1.54) is 18.4 Å². The number of aromatic nitrogens is 3. The maximum absolute atomic E-state index is 9.21. The van der Waals surface area contributed by atoms with Crippen molar-refractivity contribution in [1.82, 2.24) is 15.2 Å². The Balaban J connectivity index is 0.000000917. The van der Waals surface area contributed by atoms with Crippen LogP contribution in [0.15, 0.2) is 42.6 Å². The Hall–Kier alpha value is -3.56. The van der Waals surface area contributed by atoms with E-state index >= 15 is 0 Å². The lowest BCUT2D eigenvalue weighted by Gasteiger charge is -2.28. The van der Waals surface area contributed by atoms with Crippen LogP contribution in [0.1, 0.15) is 29.9 Å². The molecule has 3 aromatic rings. The standard InChI is InChI=1S/C25H28N4O3.CH3NO/c1-17-2-3-19(23-13-21(16-26-28-23)18-4-5-18)12-22(17)20-14-24(29-6-9-31-10-7-29)27-25(15-20)32-11-8-30;2-1-3/h2-3,12-16,18,30H,4-11H2,1H3;1H,(H2,2,3). The molecule has 0 radical (unpaired) electrons. The van der Waals surface area contributed by atoms with Gasteiger partial charge in [-0.25, -0.2) is 0 Å². The van der Waals surface area contributed by atoms with Gasteiger partial charge in [0.05, 0.1) is 31.7 Å². The number of ether oxygens (including phenoxy) is 2. The van der Waals surface area contributed by atoms with Gasteiger partial charge in [0.1, 0.15) is 12.4 Å². The molecule has 5 rings (SSSR count). The number of hydrogen-bond donors (Lipinski definition) is 2. The smallest absolute Gasteiger partial charge is 0.215 e. The molecule has 2 aliphatic rings. The van der Waals surface area contributed by atoms with Gasteiger partial charge in [0.2, 0.25) is 12.3 Å². The van der Waals surface area contributed by atoms with E-state index in [9.17, 15) is 5.11 Å². The first kappa shape index (κ1) is 24.6. The Bertz CT molecular complexity index is 1150. The minimum atomic E-state index is -0.0523. The number of nitrogens with two attached hydrogens (primary N) is 1. The van der Waals surface area contributed by atoms with Crippen molar-refractivity contribution in [2.24, 2.45) is 5.73 Å². The first-order chi connectivity index (χ1) is 17.1. The van der Waals surface area contributed by atoms with Crippen molar-refractivity contribution in [2.75, 3.05) is 44.4 Å². The molecule has 3 heterocycles. The molecule has 1 aliphatic carbocycles. The van der Waals surface area contributed by atoms with Gasteiger partial charge in [0.25, 0.3) is 0 Å². The molecule has 1 aromatic carbocycles. The maximum Gasteiger partial charge on any atom is 0.215 e. The Morgan fingerprint density at radius 3 is 2.66 bits per heavy atom. The number of nitrogens with zero attached hydrogens (tertiary/aromatic N) is 4. The largest absolute Gasteiger partial charge is 0.475 e. The highest BCUT2D eigenvalue weighted by atomic mass is 16.5. The summed E-state index contributed by atoms with van der Waals surface area (Å²) in [6.45, 7) is 5.21.